The summed E-state index contributed by atoms with van der Waals surface area (Å²) < 4.78 is 5.59. The number of carbonyl (C=O) groups is 1. The number of rotatable bonds is 6. The minimum atomic E-state index is -0.915. The van der Waals surface area contributed by atoms with Gasteiger partial charge in [0.25, 0.3) is 0 Å². The van der Waals surface area contributed by atoms with E-state index >= 15 is 0 Å². The molecule has 0 unspecified atom stereocenters. The van der Waals surface area contributed by atoms with Gasteiger partial charge >= 0.3 is 5.97 Å². The predicted octanol–water partition coefficient (Wildman–Crippen LogP) is 4.86. The Bertz CT molecular complexity index is 665. The molecule has 0 saturated carbocycles. The van der Waals surface area contributed by atoms with E-state index in [0.29, 0.717) is 0 Å². The molecule has 1 N–H and O–H groups in total. The van der Waals surface area contributed by atoms with Crippen LogP contribution in [0.3, 0.4) is 0 Å². The third-order valence-electron chi connectivity index (χ3n) is 3.73. The van der Waals surface area contributed by atoms with Gasteiger partial charge in [-0.2, -0.15) is 0 Å². The monoisotopic (exact) mass is 358 g/mol. The molecule has 0 bridgehead atoms. The van der Waals surface area contributed by atoms with E-state index in [9.17, 15) is 9.90 Å². The Balaban J connectivity index is 2.26. The van der Waals surface area contributed by atoms with Gasteiger partial charge in [-0.3, -0.25) is 4.79 Å². The van der Waals surface area contributed by atoms with Gasteiger partial charge in [0, 0.05) is 10.1 Å². The fourth-order valence-electron chi connectivity index (χ4n) is 2.59. The van der Waals surface area contributed by atoms with E-state index in [2.05, 4.69) is 0 Å². The van der Waals surface area contributed by atoms with Crippen LogP contribution in [-0.4, -0.2) is 21.9 Å². The van der Waals surface area contributed by atoms with Crippen LogP contribution in [0.5, 0.6) is 0 Å². The van der Waals surface area contributed by atoms with Crippen LogP contribution in [0.25, 0.3) is 0 Å². The van der Waals surface area contributed by atoms with Crippen molar-refractivity contribution in [1.82, 2.24) is 0 Å². The number of aliphatic hydroxyl groups is 1. The van der Waals surface area contributed by atoms with Crippen molar-refractivity contribution in [2.75, 3.05) is 0 Å². The Kier molecular flexibility index (Phi) is 6.68. The average Bonchev–Trinajstić information content (AvgIpc) is 2.55. The first-order valence-electron chi connectivity index (χ1n) is 8.45. The number of hydrogen-bond donors (Lipinski definition) is 1. The minimum Gasteiger partial charge on any atom is -0.460 e. The van der Waals surface area contributed by atoms with E-state index in [4.69, 9.17) is 4.74 Å². The number of benzene rings is 2. The second-order valence-electron chi connectivity index (χ2n) is 7.05. The van der Waals surface area contributed by atoms with Crippen LogP contribution in [0, 0.1) is 5.92 Å². The van der Waals surface area contributed by atoms with E-state index in [1.807, 2.05) is 88.4 Å². The van der Waals surface area contributed by atoms with Crippen LogP contribution >= 0.6 is 11.8 Å². The van der Waals surface area contributed by atoms with Crippen molar-refractivity contribution in [3.8, 4) is 0 Å². The molecule has 2 aromatic rings. The Labute approximate surface area is 154 Å². The largest absolute Gasteiger partial charge is 0.460 e. The summed E-state index contributed by atoms with van der Waals surface area (Å²) in [5, 5.41) is 10.7. The van der Waals surface area contributed by atoms with Crippen LogP contribution in [0.4, 0.5) is 0 Å². The molecule has 4 heteroatoms. The molecule has 3 atom stereocenters. The third kappa shape index (κ3) is 5.91. The fourth-order valence-corrected chi connectivity index (χ4v) is 3.74. The fraction of sp³-hybridized carbons (Fsp3) is 0.381. The van der Waals surface area contributed by atoms with Crippen LogP contribution in [-0.2, 0) is 9.53 Å². The van der Waals surface area contributed by atoms with Gasteiger partial charge in [0.2, 0.25) is 0 Å². The highest BCUT2D eigenvalue weighted by Crippen LogP contribution is 2.36. The second-order valence-corrected chi connectivity index (χ2v) is 8.50. The molecule has 0 saturated heterocycles. The smallest absolute Gasteiger partial charge is 0.313 e. The summed E-state index contributed by atoms with van der Waals surface area (Å²) in [6.45, 7) is 7.47. The van der Waals surface area contributed by atoms with Crippen LogP contribution in [0.1, 0.15) is 39.4 Å². The van der Waals surface area contributed by atoms with E-state index in [1.165, 1.54) is 0 Å². The first kappa shape index (κ1) is 19.5. The van der Waals surface area contributed by atoms with Crippen molar-refractivity contribution >= 4 is 17.7 Å². The van der Waals surface area contributed by atoms with E-state index < -0.39 is 17.6 Å². The number of ether oxygens (including phenoxy) is 1. The Hall–Kier alpha value is -1.78. The molecule has 2 aromatic carbocycles. The molecule has 0 aromatic heterocycles. The first-order chi connectivity index (χ1) is 11.8. The highest BCUT2D eigenvalue weighted by atomic mass is 32.2. The molecule has 0 heterocycles. The van der Waals surface area contributed by atoms with Gasteiger partial charge < -0.3 is 9.84 Å². The topological polar surface area (TPSA) is 46.5 Å². The van der Waals surface area contributed by atoms with Gasteiger partial charge in [-0.25, -0.2) is 0 Å². The van der Waals surface area contributed by atoms with Crippen molar-refractivity contribution in [3.05, 3.63) is 66.2 Å². The molecule has 0 aliphatic rings. The lowest BCUT2D eigenvalue weighted by molar-refractivity contribution is -0.164. The Morgan fingerprint density at radius 1 is 1.00 bits per heavy atom. The molecule has 0 spiro atoms. The van der Waals surface area contributed by atoms with Crippen LogP contribution in [0.2, 0.25) is 0 Å². The molecular weight excluding hydrogens is 332 g/mol. The predicted molar refractivity (Wildman–Crippen MR) is 102 cm³/mol. The summed E-state index contributed by atoms with van der Waals surface area (Å²) in [7, 11) is 0. The molecule has 0 aliphatic heterocycles. The van der Waals surface area contributed by atoms with Crippen molar-refractivity contribution in [2.24, 2.45) is 5.92 Å². The Morgan fingerprint density at radius 3 is 2.04 bits per heavy atom. The van der Waals surface area contributed by atoms with E-state index in [1.54, 1.807) is 11.8 Å². The quantitative estimate of drug-likeness (QED) is 0.592. The van der Waals surface area contributed by atoms with Gasteiger partial charge in [-0.15, -0.1) is 11.8 Å². The molecule has 0 radical (unpaired) electrons. The second kappa shape index (κ2) is 8.54. The standard InChI is InChI=1S/C21H26O3S/c1-15(25-17-13-9-6-10-14-17)18(20(23)24-21(2,3)4)19(22)16-11-7-5-8-12-16/h5-15,18-19,22H,1-4H3/t15-,18+,19-/m1/s1. The average molecular weight is 359 g/mol. The summed E-state index contributed by atoms with van der Waals surface area (Å²) in [6.07, 6.45) is -0.915. The maximum Gasteiger partial charge on any atom is 0.313 e. The summed E-state index contributed by atoms with van der Waals surface area (Å²) in [5.41, 5.74) is 0.127. The molecule has 2 rings (SSSR count). The van der Waals surface area contributed by atoms with Gasteiger partial charge in [-0.05, 0) is 38.5 Å². The molecular formula is C21H26O3S. The van der Waals surface area contributed by atoms with Crippen LogP contribution in [0.15, 0.2) is 65.6 Å². The number of carbonyl (C=O) groups excluding carboxylic acids is 1. The molecule has 3 nitrogen and oxygen atoms in total. The maximum atomic E-state index is 12.8. The van der Waals surface area contributed by atoms with Crippen LogP contribution < -0.4 is 0 Å². The summed E-state index contributed by atoms with van der Waals surface area (Å²) >= 11 is 1.57. The molecule has 0 aliphatic carbocycles. The van der Waals surface area contributed by atoms with Gasteiger partial charge in [0.05, 0.1) is 12.0 Å². The van der Waals surface area contributed by atoms with Crippen molar-refractivity contribution < 1.29 is 14.6 Å². The zero-order valence-electron chi connectivity index (χ0n) is 15.2. The molecule has 0 amide bonds. The van der Waals surface area contributed by atoms with Gasteiger partial charge in [0.15, 0.2) is 0 Å². The molecule has 0 fully saturated rings. The highest BCUT2D eigenvalue weighted by Gasteiger charge is 2.36. The van der Waals surface area contributed by atoms with E-state index in [0.717, 1.165) is 10.5 Å². The zero-order valence-corrected chi connectivity index (χ0v) is 16.0. The number of esters is 1. The normalized spacial score (nSPS) is 15.2. The van der Waals surface area contributed by atoms with E-state index in [-0.39, 0.29) is 11.2 Å². The summed E-state index contributed by atoms with van der Waals surface area (Å²) in [6, 6.07) is 19.2. The maximum absolute atomic E-state index is 12.8. The summed E-state index contributed by atoms with van der Waals surface area (Å²) in [4.78, 5) is 13.9. The SMILES string of the molecule is C[C@@H](Sc1ccccc1)[C@H](C(=O)OC(C)(C)C)[C@H](O)c1ccccc1. The lowest BCUT2D eigenvalue weighted by Crippen LogP contribution is -2.36. The number of thioether (sulfide) groups is 1. The van der Waals surface area contributed by atoms with Gasteiger partial charge in [-0.1, -0.05) is 55.5 Å². The van der Waals surface area contributed by atoms with Crippen molar-refractivity contribution in [1.29, 1.82) is 0 Å². The highest BCUT2D eigenvalue weighted by molar-refractivity contribution is 8.00. The molecule has 134 valence electrons. The molecule has 25 heavy (non-hydrogen) atoms. The van der Waals surface area contributed by atoms with Crippen molar-refractivity contribution in [2.45, 2.75) is 49.5 Å². The lowest BCUT2D eigenvalue weighted by atomic mass is 9.93. The number of aliphatic hydroxyl groups excluding tert-OH is 1. The summed E-state index contributed by atoms with van der Waals surface area (Å²) in [5.74, 6) is -1.04. The third-order valence-corrected chi connectivity index (χ3v) is 4.94. The van der Waals surface area contributed by atoms with Gasteiger partial charge in [0.1, 0.15) is 5.60 Å². The Morgan fingerprint density at radius 2 is 1.52 bits per heavy atom. The minimum absolute atomic E-state index is 0.146. The lowest BCUT2D eigenvalue weighted by Gasteiger charge is -2.30. The zero-order chi connectivity index (χ0) is 18.4. The number of hydrogen-bond acceptors (Lipinski definition) is 4. The first-order valence-corrected chi connectivity index (χ1v) is 9.33. The van der Waals surface area contributed by atoms with Crippen molar-refractivity contribution in [3.63, 3.8) is 0 Å².